The van der Waals surface area contributed by atoms with E-state index in [1.165, 1.54) is 22.7 Å². The summed E-state index contributed by atoms with van der Waals surface area (Å²) in [7, 11) is 0. The molecular weight excluding hydrogens is 550 g/mol. The van der Waals surface area contributed by atoms with Gasteiger partial charge < -0.3 is 9.30 Å². The Labute approximate surface area is 237 Å². The normalized spacial score (nSPS) is 15.5. The predicted octanol–water partition coefficient (Wildman–Crippen LogP) is 5.52. The highest BCUT2D eigenvalue weighted by Gasteiger charge is 2.33. The van der Waals surface area contributed by atoms with E-state index < -0.39 is 12.0 Å². The van der Waals surface area contributed by atoms with Gasteiger partial charge in [0.05, 0.1) is 22.4 Å². The topological polar surface area (TPSA) is 65.6 Å². The molecule has 39 heavy (non-hydrogen) atoms. The van der Waals surface area contributed by atoms with E-state index in [-0.39, 0.29) is 12.2 Å². The highest BCUT2D eigenvalue weighted by atomic mass is 35.5. The molecule has 196 valence electrons. The van der Waals surface area contributed by atoms with Crippen molar-refractivity contribution in [1.82, 2.24) is 9.13 Å². The Balaban J connectivity index is 1.51. The van der Waals surface area contributed by atoms with Crippen LogP contribution >= 0.6 is 34.3 Å². The van der Waals surface area contributed by atoms with Crippen molar-refractivity contribution in [2.24, 2.45) is 4.99 Å². The molecule has 1 aliphatic heterocycles. The van der Waals surface area contributed by atoms with E-state index in [1.807, 2.05) is 60.0 Å². The molecule has 1 atom stereocenters. The molecule has 0 saturated heterocycles. The van der Waals surface area contributed by atoms with Crippen LogP contribution in [0.5, 0.6) is 0 Å². The first-order valence-corrected chi connectivity index (χ1v) is 14.6. The molecular formula is C30H24ClN3O3S2. The average Bonchev–Trinajstić information content (AvgIpc) is 3.65. The van der Waals surface area contributed by atoms with Crippen LogP contribution < -0.4 is 14.9 Å². The van der Waals surface area contributed by atoms with Gasteiger partial charge in [0.2, 0.25) is 0 Å². The summed E-state index contributed by atoms with van der Waals surface area (Å²) < 4.78 is 9.69. The fourth-order valence-electron chi connectivity index (χ4n) is 4.98. The first kappa shape index (κ1) is 25.6. The quantitative estimate of drug-likeness (QED) is 0.251. The van der Waals surface area contributed by atoms with Crippen molar-refractivity contribution in [1.29, 1.82) is 0 Å². The van der Waals surface area contributed by atoms with Gasteiger partial charge in [-0.3, -0.25) is 9.36 Å². The molecule has 1 aliphatic rings. The molecule has 0 radical (unpaired) electrons. The van der Waals surface area contributed by atoms with Gasteiger partial charge in [-0.05, 0) is 49.1 Å². The van der Waals surface area contributed by atoms with Gasteiger partial charge in [-0.25, -0.2) is 9.79 Å². The van der Waals surface area contributed by atoms with Gasteiger partial charge >= 0.3 is 5.97 Å². The number of rotatable bonds is 6. The van der Waals surface area contributed by atoms with Gasteiger partial charge in [-0.2, -0.15) is 0 Å². The third-order valence-corrected chi connectivity index (χ3v) is 9.01. The van der Waals surface area contributed by atoms with Crippen LogP contribution in [0.15, 0.2) is 93.3 Å². The molecule has 0 bridgehead atoms. The molecule has 3 aromatic heterocycles. The van der Waals surface area contributed by atoms with Crippen molar-refractivity contribution >= 4 is 57.2 Å². The summed E-state index contributed by atoms with van der Waals surface area (Å²) in [5, 5.41) is 3.69. The molecule has 6 rings (SSSR count). The number of carbonyl (C=O) groups is 1. The van der Waals surface area contributed by atoms with Crippen molar-refractivity contribution in [3.8, 4) is 0 Å². The molecule has 9 heteroatoms. The predicted molar refractivity (Wildman–Crippen MR) is 157 cm³/mol. The van der Waals surface area contributed by atoms with Crippen LogP contribution in [-0.2, 0) is 16.1 Å². The third kappa shape index (κ3) is 4.58. The summed E-state index contributed by atoms with van der Waals surface area (Å²) in [4.78, 5) is 33.0. The van der Waals surface area contributed by atoms with Crippen LogP contribution in [0.2, 0.25) is 5.02 Å². The number of hydrogen-bond acceptors (Lipinski definition) is 6. The molecule has 2 aromatic carbocycles. The molecule has 5 aromatic rings. The lowest BCUT2D eigenvalue weighted by atomic mass is 10.0. The Morgan fingerprint density at radius 1 is 1.13 bits per heavy atom. The zero-order valence-electron chi connectivity index (χ0n) is 21.3. The number of esters is 1. The van der Waals surface area contributed by atoms with Crippen LogP contribution in [0.25, 0.3) is 17.0 Å². The van der Waals surface area contributed by atoms with Crippen LogP contribution in [0, 0.1) is 0 Å². The number of carbonyl (C=O) groups excluding carboxylic acids is 1. The Kier molecular flexibility index (Phi) is 6.85. The molecule has 4 heterocycles. The lowest BCUT2D eigenvalue weighted by Crippen LogP contribution is -2.39. The standard InChI is InChI=1S/C30H24ClN3O3S2/c1-3-37-29(36)26-18(2)32-30-34(27(26)24-13-8-14-38-24)28(35)25(39-30)15-20-17-33(23-12-7-5-10-21(20)23)16-19-9-4-6-11-22(19)31/h4-15,17,27H,3,16H2,1-2H3/b25-15-/t27-/m0/s1. The molecule has 0 unspecified atom stereocenters. The number of halogens is 1. The van der Waals surface area contributed by atoms with E-state index in [0.29, 0.717) is 32.2 Å². The summed E-state index contributed by atoms with van der Waals surface area (Å²) in [5.74, 6) is -0.450. The summed E-state index contributed by atoms with van der Waals surface area (Å²) in [6, 6.07) is 19.2. The van der Waals surface area contributed by atoms with Crippen molar-refractivity contribution in [2.75, 3.05) is 6.61 Å². The fraction of sp³-hybridized carbons (Fsp3) is 0.167. The number of aromatic nitrogens is 2. The molecule has 0 spiro atoms. The molecule has 0 aliphatic carbocycles. The SMILES string of the molecule is CCOC(=O)C1=C(C)N=c2s/c(=C\c3cn(Cc4ccccc4Cl)c4ccccc34)c(=O)n2[C@H]1c1cccs1. The number of hydrogen-bond donors (Lipinski definition) is 0. The second-order valence-corrected chi connectivity index (χ2v) is 11.5. The van der Waals surface area contributed by atoms with Crippen molar-refractivity contribution in [3.05, 3.63) is 124 Å². The Hall–Kier alpha value is -3.72. The molecule has 6 nitrogen and oxygen atoms in total. The zero-order valence-corrected chi connectivity index (χ0v) is 23.6. The van der Waals surface area contributed by atoms with Crippen molar-refractivity contribution in [2.45, 2.75) is 26.4 Å². The zero-order chi connectivity index (χ0) is 27.1. The molecule has 0 saturated carbocycles. The van der Waals surface area contributed by atoms with E-state index >= 15 is 0 Å². The van der Waals surface area contributed by atoms with Gasteiger partial charge in [-0.15, -0.1) is 11.3 Å². The van der Waals surface area contributed by atoms with E-state index in [9.17, 15) is 9.59 Å². The van der Waals surface area contributed by atoms with Gasteiger partial charge in [-0.1, -0.05) is 65.4 Å². The highest BCUT2D eigenvalue weighted by Crippen LogP contribution is 2.33. The minimum atomic E-state index is -0.580. The van der Waals surface area contributed by atoms with Gasteiger partial charge in [0, 0.05) is 39.1 Å². The lowest BCUT2D eigenvalue weighted by molar-refractivity contribution is -0.139. The second-order valence-electron chi connectivity index (χ2n) is 9.14. The maximum Gasteiger partial charge on any atom is 0.338 e. The number of fused-ring (bicyclic) bond motifs is 2. The Morgan fingerprint density at radius 3 is 2.69 bits per heavy atom. The third-order valence-electron chi connectivity index (χ3n) is 6.73. The van der Waals surface area contributed by atoms with E-state index in [2.05, 4.69) is 27.9 Å². The average molecular weight is 574 g/mol. The first-order chi connectivity index (χ1) is 19.0. The smallest absolute Gasteiger partial charge is 0.338 e. The van der Waals surface area contributed by atoms with Crippen molar-refractivity contribution in [3.63, 3.8) is 0 Å². The number of allylic oxidation sites excluding steroid dienone is 1. The van der Waals surface area contributed by atoms with Crippen molar-refractivity contribution < 1.29 is 9.53 Å². The first-order valence-electron chi connectivity index (χ1n) is 12.5. The molecule has 0 fully saturated rings. The fourth-order valence-corrected chi connectivity index (χ4v) is 7.04. The summed E-state index contributed by atoms with van der Waals surface area (Å²) in [6.07, 6.45) is 3.97. The minimum absolute atomic E-state index is 0.186. The number of benzene rings is 2. The van der Waals surface area contributed by atoms with E-state index in [0.717, 1.165) is 26.9 Å². The van der Waals surface area contributed by atoms with Gasteiger partial charge in [0.25, 0.3) is 5.56 Å². The van der Waals surface area contributed by atoms with E-state index in [4.69, 9.17) is 16.3 Å². The molecule has 0 amide bonds. The van der Waals surface area contributed by atoms with Crippen LogP contribution in [0.4, 0.5) is 0 Å². The van der Waals surface area contributed by atoms with E-state index in [1.54, 1.807) is 18.4 Å². The van der Waals surface area contributed by atoms with Gasteiger partial charge in [0.1, 0.15) is 6.04 Å². The summed E-state index contributed by atoms with van der Waals surface area (Å²) >= 11 is 9.28. The number of thiophene rings is 1. The molecule has 0 N–H and O–H groups in total. The van der Waals surface area contributed by atoms with Crippen LogP contribution in [0.1, 0.15) is 35.9 Å². The number of nitrogens with zero attached hydrogens (tertiary/aromatic N) is 3. The van der Waals surface area contributed by atoms with Crippen LogP contribution in [0.3, 0.4) is 0 Å². The summed E-state index contributed by atoms with van der Waals surface area (Å²) in [5.41, 5.74) is 3.77. The number of thiazole rings is 1. The maximum absolute atomic E-state index is 13.9. The largest absolute Gasteiger partial charge is 0.463 e. The second kappa shape index (κ2) is 10.4. The maximum atomic E-state index is 13.9. The van der Waals surface area contributed by atoms with Gasteiger partial charge in [0.15, 0.2) is 4.80 Å². The monoisotopic (exact) mass is 573 g/mol. The lowest BCUT2D eigenvalue weighted by Gasteiger charge is -2.23. The summed E-state index contributed by atoms with van der Waals surface area (Å²) in [6.45, 7) is 4.42. The number of para-hydroxylation sites is 1. The number of ether oxygens (including phenoxy) is 1. The Morgan fingerprint density at radius 2 is 1.92 bits per heavy atom. The Bertz CT molecular complexity index is 1930. The highest BCUT2D eigenvalue weighted by molar-refractivity contribution is 7.10. The van der Waals surface area contributed by atoms with Crippen LogP contribution in [-0.4, -0.2) is 21.7 Å². The minimum Gasteiger partial charge on any atom is -0.463 e.